The fourth-order valence-corrected chi connectivity index (χ4v) is 2.97. The lowest BCUT2D eigenvalue weighted by Crippen LogP contribution is -2.41. The summed E-state index contributed by atoms with van der Waals surface area (Å²) < 4.78 is 1.87. The molecule has 0 fully saturated rings. The van der Waals surface area contributed by atoms with Crippen molar-refractivity contribution in [3.8, 4) is 0 Å². The fourth-order valence-electron chi connectivity index (χ4n) is 2.32. The Balaban J connectivity index is 0.00000161. The van der Waals surface area contributed by atoms with Crippen LogP contribution in [-0.4, -0.2) is 31.7 Å². The molecule has 3 heterocycles. The molecule has 2 aromatic heterocycles. The van der Waals surface area contributed by atoms with Gasteiger partial charge in [0.2, 0.25) is 0 Å². The molecule has 1 aliphatic rings. The maximum Gasteiger partial charge on any atom is 0.271 e. The highest BCUT2D eigenvalue weighted by Crippen LogP contribution is 2.14. The number of aryl methyl sites for hydroxylation is 2. The first-order valence-corrected chi connectivity index (χ1v) is 7.39. The summed E-state index contributed by atoms with van der Waals surface area (Å²) in [6.07, 6.45) is 1.70. The van der Waals surface area contributed by atoms with Crippen LogP contribution in [0.1, 0.15) is 33.6 Å². The third kappa shape index (κ3) is 3.39. The second-order valence-electron chi connectivity index (χ2n) is 4.80. The number of fused-ring (bicyclic) bond motifs is 1. The number of thiazole rings is 1. The lowest BCUT2D eigenvalue weighted by molar-refractivity contribution is 0.0921. The lowest BCUT2D eigenvalue weighted by atomic mass is 10.1. The van der Waals surface area contributed by atoms with Crippen LogP contribution < -0.4 is 11.1 Å². The standard InChI is InChI=1S/C12H16N6OS.ClH/c1-7-14-10-3-2-8(5-18(10)17-7)15-12(19)9-6-20-11(4-13)16-9;/h6,8H,2-5,13H2,1H3,(H,15,19);1H. The van der Waals surface area contributed by atoms with Gasteiger partial charge in [-0.3, -0.25) is 4.79 Å². The minimum Gasteiger partial charge on any atom is -0.346 e. The lowest BCUT2D eigenvalue weighted by Gasteiger charge is -2.23. The molecule has 1 atom stereocenters. The molecule has 0 saturated carbocycles. The number of hydrogen-bond donors (Lipinski definition) is 2. The van der Waals surface area contributed by atoms with E-state index in [4.69, 9.17) is 5.73 Å². The number of carbonyl (C=O) groups excluding carboxylic acids is 1. The maximum absolute atomic E-state index is 12.1. The molecule has 0 spiro atoms. The quantitative estimate of drug-likeness (QED) is 0.862. The fraction of sp³-hybridized carbons (Fsp3) is 0.500. The SMILES string of the molecule is Cc1nc2n(n1)CC(NC(=O)c1csc(CN)n1)CC2.Cl. The van der Waals surface area contributed by atoms with Crippen LogP contribution in [0.25, 0.3) is 0 Å². The molecule has 1 amide bonds. The normalized spacial score (nSPS) is 17.0. The zero-order valence-corrected chi connectivity index (χ0v) is 13.2. The van der Waals surface area contributed by atoms with Crippen molar-refractivity contribution >= 4 is 29.7 Å². The van der Waals surface area contributed by atoms with E-state index in [9.17, 15) is 4.79 Å². The predicted molar refractivity (Wildman–Crippen MR) is 81.6 cm³/mol. The minimum absolute atomic E-state index is 0. The summed E-state index contributed by atoms with van der Waals surface area (Å²) in [4.78, 5) is 20.6. The van der Waals surface area contributed by atoms with Gasteiger partial charge in [0.1, 0.15) is 22.4 Å². The molecular formula is C12H17ClN6OS. The molecule has 114 valence electrons. The van der Waals surface area contributed by atoms with E-state index in [0.29, 0.717) is 18.8 Å². The second-order valence-corrected chi connectivity index (χ2v) is 5.74. The number of carbonyl (C=O) groups is 1. The van der Waals surface area contributed by atoms with E-state index < -0.39 is 0 Å². The van der Waals surface area contributed by atoms with Crippen LogP contribution in [0.2, 0.25) is 0 Å². The van der Waals surface area contributed by atoms with Gasteiger partial charge in [-0.15, -0.1) is 23.7 Å². The Morgan fingerprint density at radius 1 is 1.57 bits per heavy atom. The van der Waals surface area contributed by atoms with E-state index in [-0.39, 0.29) is 24.4 Å². The van der Waals surface area contributed by atoms with Crippen LogP contribution in [0.4, 0.5) is 0 Å². The minimum atomic E-state index is -0.147. The number of amides is 1. The van der Waals surface area contributed by atoms with Crippen molar-refractivity contribution in [1.82, 2.24) is 25.1 Å². The summed E-state index contributed by atoms with van der Waals surface area (Å²) in [5.74, 6) is 1.62. The smallest absolute Gasteiger partial charge is 0.271 e. The van der Waals surface area contributed by atoms with Gasteiger partial charge in [0.05, 0.1) is 6.54 Å². The Hall–Kier alpha value is -1.51. The molecule has 1 aliphatic heterocycles. The van der Waals surface area contributed by atoms with Crippen LogP contribution in [-0.2, 0) is 19.5 Å². The van der Waals surface area contributed by atoms with Gasteiger partial charge in [0, 0.05) is 24.4 Å². The largest absolute Gasteiger partial charge is 0.346 e. The van der Waals surface area contributed by atoms with Crippen molar-refractivity contribution in [1.29, 1.82) is 0 Å². The molecule has 0 aromatic carbocycles. The van der Waals surface area contributed by atoms with E-state index in [1.165, 1.54) is 11.3 Å². The summed E-state index contributed by atoms with van der Waals surface area (Å²) in [6, 6.07) is 0.0686. The third-order valence-electron chi connectivity index (χ3n) is 3.26. The van der Waals surface area contributed by atoms with Gasteiger partial charge in [-0.1, -0.05) is 0 Å². The Morgan fingerprint density at radius 2 is 2.38 bits per heavy atom. The molecule has 0 aliphatic carbocycles. The molecular weight excluding hydrogens is 312 g/mol. The summed E-state index contributed by atoms with van der Waals surface area (Å²) in [6.45, 7) is 2.90. The first kappa shape index (κ1) is 15.9. The highest BCUT2D eigenvalue weighted by atomic mass is 35.5. The molecule has 2 aromatic rings. The summed E-state index contributed by atoms with van der Waals surface area (Å²) in [7, 11) is 0. The number of hydrogen-bond acceptors (Lipinski definition) is 6. The van der Waals surface area contributed by atoms with Gasteiger partial charge in [-0.25, -0.2) is 14.6 Å². The molecule has 21 heavy (non-hydrogen) atoms. The van der Waals surface area contributed by atoms with Crippen LogP contribution in [0.3, 0.4) is 0 Å². The molecule has 3 rings (SSSR count). The number of nitrogens with two attached hydrogens (primary N) is 1. The highest BCUT2D eigenvalue weighted by molar-refractivity contribution is 7.09. The van der Waals surface area contributed by atoms with Crippen molar-refractivity contribution in [2.24, 2.45) is 5.73 Å². The first-order chi connectivity index (χ1) is 9.65. The molecule has 0 bridgehead atoms. The Kier molecular flexibility index (Phi) is 4.92. The van der Waals surface area contributed by atoms with Crippen LogP contribution in [0.15, 0.2) is 5.38 Å². The molecule has 0 saturated heterocycles. The number of halogens is 1. The number of nitrogens with zero attached hydrogens (tertiary/aromatic N) is 4. The van der Waals surface area contributed by atoms with Gasteiger partial charge in [-0.2, -0.15) is 5.10 Å². The van der Waals surface area contributed by atoms with Crippen molar-refractivity contribution < 1.29 is 4.79 Å². The second kappa shape index (κ2) is 6.50. The van der Waals surface area contributed by atoms with Gasteiger partial charge in [-0.05, 0) is 13.3 Å². The maximum atomic E-state index is 12.1. The molecule has 3 N–H and O–H groups in total. The summed E-state index contributed by atoms with van der Waals surface area (Å²) >= 11 is 1.41. The van der Waals surface area contributed by atoms with Crippen LogP contribution >= 0.6 is 23.7 Å². The summed E-state index contributed by atoms with van der Waals surface area (Å²) in [5.41, 5.74) is 5.94. The van der Waals surface area contributed by atoms with Gasteiger partial charge >= 0.3 is 0 Å². The third-order valence-corrected chi connectivity index (χ3v) is 4.13. The van der Waals surface area contributed by atoms with E-state index in [2.05, 4.69) is 20.4 Å². The van der Waals surface area contributed by atoms with Gasteiger partial charge in [0.15, 0.2) is 0 Å². The van der Waals surface area contributed by atoms with Crippen molar-refractivity contribution in [3.05, 3.63) is 27.7 Å². The predicted octanol–water partition coefficient (Wildman–Crippen LogP) is 0.668. The van der Waals surface area contributed by atoms with Crippen molar-refractivity contribution in [2.75, 3.05) is 0 Å². The van der Waals surface area contributed by atoms with Crippen molar-refractivity contribution in [2.45, 2.75) is 38.9 Å². The molecule has 0 radical (unpaired) electrons. The highest BCUT2D eigenvalue weighted by Gasteiger charge is 2.23. The van der Waals surface area contributed by atoms with E-state index in [1.807, 2.05) is 11.6 Å². The zero-order valence-electron chi connectivity index (χ0n) is 11.6. The Bertz CT molecular complexity index is 639. The van der Waals surface area contributed by atoms with E-state index >= 15 is 0 Å². The zero-order chi connectivity index (χ0) is 14.1. The van der Waals surface area contributed by atoms with E-state index in [0.717, 1.165) is 29.5 Å². The first-order valence-electron chi connectivity index (χ1n) is 6.51. The average molecular weight is 329 g/mol. The summed E-state index contributed by atoms with van der Waals surface area (Å²) in [5, 5.41) is 9.83. The van der Waals surface area contributed by atoms with Gasteiger partial charge in [0.25, 0.3) is 5.91 Å². The monoisotopic (exact) mass is 328 g/mol. The number of rotatable bonds is 3. The Labute approximate surface area is 132 Å². The molecule has 1 unspecified atom stereocenters. The topological polar surface area (TPSA) is 98.7 Å². The van der Waals surface area contributed by atoms with Gasteiger partial charge < -0.3 is 11.1 Å². The Morgan fingerprint density at radius 3 is 3.10 bits per heavy atom. The van der Waals surface area contributed by atoms with Crippen molar-refractivity contribution in [3.63, 3.8) is 0 Å². The molecule has 9 heteroatoms. The van der Waals surface area contributed by atoms with Crippen LogP contribution in [0.5, 0.6) is 0 Å². The number of nitrogens with one attached hydrogen (secondary N) is 1. The van der Waals surface area contributed by atoms with Crippen LogP contribution in [0, 0.1) is 6.92 Å². The van der Waals surface area contributed by atoms with E-state index in [1.54, 1.807) is 5.38 Å². The average Bonchev–Trinajstić information content (AvgIpc) is 3.03. The number of aromatic nitrogens is 4. The molecule has 7 nitrogen and oxygen atoms in total.